The first kappa shape index (κ1) is 20.9. The summed E-state index contributed by atoms with van der Waals surface area (Å²) in [5, 5.41) is 15.6. The van der Waals surface area contributed by atoms with Crippen LogP contribution in [0.4, 0.5) is 0 Å². The number of carboxylic acid groups (broad SMARTS) is 2. The third-order valence-electron chi connectivity index (χ3n) is 3.51. The average Bonchev–Trinajstić information content (AvgIpc) is 2.61. The van der Waals surface area contributed by atoms with E-state index in [0.29, 0.717) is 12.2 Å². The molecule has 1 unspecified atom stereocenters. The number of hydrogen-bond acceptors (Lipinski definition) is 3. The van der Waals surface area contributed by atoms with Crippen molar-refractivity contribution < 1.29 is 19.8 Å². The summed E-state index contributed by atoms with van der Waals surface area (Å²) >= 11 is 0. The SMILES string of the molecule is C=CCC(N)c1ccccc1-c1ccc(C)cc1.O=C(O)/C=C/C(=O)O. The summed E-state index contributed by atoms with van der Waals surface area (Å²) in [6, 6.07) is 16.9. The minimum Gasteiger partial charge on any atom is -0.478 e. The molecule has 0 aromatic heterocycles. The van der Waals surface area contributed by atoms with Crippen molar-refractivity contribution in [2.75, 3.05) is 0 Å². The minimum atomic E-state index is -1.26. The molecule has 5 heteroatoms. The molecule has 136 valence electrons. The van der Waals surface area contributed by atoms with Gasteiger partial charge in [0.2, 0.25) is 0 Å². The Morgan fingerprint density at radius 2 is 1.58 bits per heavy atom. The number of hydrogen-bond donors (Lipinski definition) is 3. The molecule has 0 aliphatic rings. The Balaban J connectivity index is 0.000000359. The average molecular weight is 353 g/mol. The van der Waals surface area contributed by atoms with Gasteiger partial charge in [-0.2, -0.15) is 0 Å². The summed E-state index contributed by atoms with van der Waals surface area (Å²) in [6.07, 6.45) is 3.78. The lowest BCUT2D eigenvalue weighted by Gasteiger charge is -2.15. The smallest absolute Gasteiger partial charge is 0.328 e. The van der Waals surface area contributed by atoms with Gasteiger partial charge in [0.1, 0.15) is 0 Å². The number of carboxylic acids is 2. The van der Waals surface area contributed by atoms with Crippen molar-refractivity contribution >= 4 is 11.9 Å². The van der Waals surface area contributed by atoms with Gasteiger partial charge < -0.3 is 15.9 Å². The molecule has 0 fully saturated rings. The number of carbonyl (C=O) groups is 2. The van der Waals surface area contributed by atoms with Gasteiger partial charge in [-0.15, -0.1) is 6.58 Å². The van der Waals surface area contributed by atoms with E-state index < -0.39 is 11.9 Å². The maximum Gasteiger partial charge on any atom is 0.328 e. The Bertz CT molecular complexity index is 763. The molecule has 2 aromatic carbocycles. The number of aliphatic carboxylic acids is 2. The topological polar surface area (TPSA) is 101 Å². The van der Waals surface area contributed by atoms with Crippen molar-refractivity contribution in [3.8, 4) is 11.1 Å². The third-order valence-corrected chi connectivity index (χ3v) is 3.51. The molecule has 0 aliphatic carbocycles. The summed E-state index contributed by atoms with van der Waals surface area (Å²) in [4.78, 5) is 19.1. The normalized spacial score (nSPS) is 11.3. The third kappa shape index (κ3) is 7.15. The molecular formula is C21H23NO4. The van der Waals surface area contributed by atoms with Gasteiger partial charge in [0.15, 0.2) is 0 Å². The second-order valence-corrected chi connectivity index (χ2v) is 5.59. The van der Waals surface area contributed by atoms with E-state index in [1.807, 2.05) is 12.1 Å². The molecule has 5 nitrogen and oxygen atoms in total. The van der Waals surface area contributed by atoms with Crippen LogP contribution in [0, 0.1) is 6.92 Å². The van der Waals surface area contributed by atoms with E-state index in [0.717, 1.165) is 6.42 Å². The van der Waals surface area contributed by atoms with E-state index >= 15 is 0 Å². The van der Waals surface area contributed by atoms with Crippen LogP contribution in [0.1, 0.15) is 23.6 Å². The minimum absolute atomic E-state index is 0.0139. The molecule has 0 radical (unpaired) electrons. The predicted octanol–water partition coefficient (Wildman–Crippen LogP) is 3.95. The zero-order chi connectivity index (χ0) is 19.5. The van der Waals surface area contributed by atoms with Crippen LogP contribution in [-0.4, -0.2) is 22.2 Å². The van der Waals surface area contributed by atoms with E-state index in [9.17, 15) is 9.59 Å². The van der Waals surface area contributed by atoms with E-state index in [-0.39, 0.29) is 6.04 Å². The second-order valence-electron chi connectivity index (χ2n) is 5.59. The lowest BCUT2D eigenvalue weighted by Crippen LogP contribution is -2.10. The molecule has 1 atom stereocenters. The Morgan fingerprint density at radius 3 is 2.08 bits per heavy atom. The van der Waals surface area contributed by atoms with Gasteiger partial charge >= 0.3 is 11.9 Å². The van der Waals surface area contributed by atoms with Gasteiger partial charge in [0.05, 0.1) is 0 Å². The van der Waals surface area contributed by atoms with Crippen LogP contribution in [-0.2, 0) is 9.59 Å². The second kappa shape index (κ2) is 10.6. The van der Waals surface area contributed by atoms with Crippen molar-refractivity contribution in [3.05, 3.63) is 84.5 Å². The molecule has 26 heavy (non-hydrogen) atoms. The number of nitrogens with two attached hydrogens (primary N) is 1. The summed E-state index contributed by atoms with van der Waals surface area (Å²) in [5.41, 5.74) is 11.1. The van der Waals surface area contributed by atoms with Crippen molar-refractivity contribution in [1.29, 1.82) is 0 Å². The lowest BCUT2D eigenvalue weighted by atomic mass is 9.93. The van der Waals surface area contributed by atoms with Crippen LogP contribution < -0.4 is 5.73 Å². The first-order valence-electron chi connectivity index (χ1n) is 8.01. The highest BCUT2D eigenvalue weighted by molar-refractivity contribution is 5.89. The highest BCUT2D eigenvalue weighted by Crippen LogP contribution is 2.28. The Hall–Kier alpha value is -3.18. The molecule has 2 rings (SSSR count). The van der Waals surface area contributed by atoms with Gasteiger partial charge in [0, 0.05) is 18.2 Å². The zero-order valence-corrected chi connectivity index (χ0v) is 14.6. The van der Waals surface area contributed by atoms with Crippen LogP contribution in [0.2, 0.25) is 0 Å². The van der Waals surface area contributed by atoms with E-state index in [4.69, 9.17) is 15.9 Å². The highest BCUT2D eigenvalue weighted by Gasteiger charge is 2.10. The fourth-order valence-corrected chi connectivity index (χ4v) is 2.27. The van der Waals surface area contributed by atoms with Crippen molar-refractivity contribution in [2.45, 2.75) is 19.4 Å². The zero-order valence-electron chi connectivity index (χ0n) is 14.6. The summed E-state index contributed by atoms with van der Waals surface area (Å²) in [6.45, 7) is 5.86. The van der Waals surface area contributed by atoms with Gasteiger partial charge in [0.25, 0.3) is 0 Å². The largest absolute Gasteiger partial charge is 0.478 e. The Labute approximate surface area is 153 Å². The van der Waals surface area contributed by atoms with Crippen LogP contribution >= 0.6 is 0 Å². The van der Waals surface area contributed by atoms with Crippen molar-refractivity contribution in [2.24, 2.45) is 5.73 Å². The van der Waals surface area contributed by atoms with Crippen LogP contribution in [0.15, 0.2) is 73.3 Å². The summed E-state index contributed by atoms with van der Waals surface area (Å²) in [5.74, 6) is -2.51. The highest BCUT2D eigenvalue weighted by atomic mass is 16.4. The van der Waals surface area contributed by atoms with Crippen molar-refractivity contribution in [1.82, 2.24) is 0 Å². The lowest BCUT2D eigenvalue weighted by molar-refractivity contribution is -0.134. The van der Waals surface area contributed by atoms with Gasteiger partial charge in [-0.1, -0.05) is 60.2 Å². The summed E-state index contributed by atoms with van der Waals surface area (Å²) < 4.78 is 0. The molecule has 0 saturated heterocycles. The van der Waals surface area contributed by atoms with E-state index in [2.05, 4.69) is 56.0 Å². The van der Waals surface area contributed by atoms with Crippen LogP contribution in [0.25, 0.3) is 11.1 Å². The Kier molecular flexibility index (Phi) is 8.54. The first-order chi connectivity index (χ1) is 12.3. The molecule has 2 aromatic rings. The summed E-state index contributed by atoms with van der Waals surface area (Å²) in [7, 11) is 0. The monoisotopic (exact) mass is 353 g/mol. The standard InChI is InChI=1S/C17H19N.C4H4O4/c1-3-6-17(18)16-8-5-4-7-15(16)14-11-9-13(2)10-12-14;5-3(6)1-2-4(7)8/h3-5,7-12,17H,1,6,18H2,2H3;1-2H,(H,5,6)(H,7,8)/b;2-1+. The fourth-order valence-electron chi connectivity index (χ4n) is 2.27. The van der Waals surface area contributed by atoms with Gasteiger partial charge in [-0.3, -0.25) is 0 Å². The number of rotatable bonds is 6. The van der Waals surface area contributed by atoms with Gasteiger partial charge in [-0.25, -0.2) is 9.59 Å². The van der Waals surface area contributed by atoms with Gasteiger partial charge in [-0.05, 0) is 30.0 Å². The van der Waals surface area contributed by atoms with E-state index in [1.165, 1.54) is 22.3 Å². The fraction of sp³-hybridized carbons (Fsp3) is 0.143. The first-order valence-corrected chi connectivity index (χ1v) is 8.01. The maximum absolute atomic E-state index is 9.55. The molecule has 0 saturated carbocycles. The quantitative estimate of drug-likeness (QED) is 0.539. The van der Waals surface area contributed by atoms with Crippen molar-refractivity contribution in [3.63, 3.8) is 0 Å². The number of benzene rings is 2. The Morgan fingerprint density at radius 1 is 1.04 bits per heavy atom. The molecule has 0 bridgehead atoms. The maximum atomic E-state index is 9.55. The molecule has 0 heterocycles. The molecule has 0 spiro atoms. The number of aryl methyl sites for hydroxylation is 1. The van der Waals surface area contributed by atoms with E-state index in [1.54, 1.807) is 0 Å². The van der Waals surface area contributed by atoms with Crippen LogP contribution in [0.3, 0.4) is 0 Å². The predicted molar refractivity (Wildman–Crippen MR) is 103 cm³/mol. The van der Waals surface area contributed by atoms with Crippen LogP contribution in [0.5, 0.6) is 0 Å². The molecule has 4 N–H and O–H groups in total. The molecule has 0 amide bonds. The molecule has 0 aliphatic heterocycles. The molecular weight excluding hydrogens is 330 g/mol.